The zero-order valence-corrected chi connectivity index (χ0v) is 10.6. The summed E-state index contributed by atoms with van der Waals surface area (Å²) in [7, 11) is 1.58. The zero-order valence-electron chi connectivity index (χ0n) is 10.6. The van der Waals surface area contributed by atoms with Gasteiger partial charge in [-0.2, -0.15) is 0 Å². The number of aromatic nitrogens is 1. The van der Waals surface area contributed by atoms with Crippen molar-refractivity contribution in [2.45, 2.75) is 6.54 Å². The third-order valence-corrected chi connectivity index (χ3v) is 2.50. The van der Waals surface area contributed by atoms with Gasteiger partial charge < -0.3 is 15.4 Å². The van der Waals surface area contributed by atoms with Gasteiger partial charge >= 0.3 is 6.03 Å². The van der Waals surface area contributed by atoms with Crippen molar-refractivity contribution in [2.75, 3.05) is 12.4 Å². The lowest BCUT2D eigenvalue weighted by Crippen LogP contribution is -2.28. The molecule has 2 aromatic rings. The predicted octanol–water partition coefficient (Wildman–Crippen LogP) is 2.41. The fourth-order valence-electron chi connectivity index (χ4n) is 1.56. The minimum atomic E-state index is -0.267. The average Bonchev–Trinajstić information content (AvgIpc) is 2.46. The maximum atomic E-state index is 11.7. The van der Waals surface area contributed by atoms with Gasteiger partial charge in [0.05, 0.1) is 7.11 Å². The molecule has 0 bridgehead atoms. The summed E-state index contributed by atoms with van der Waals surface area (Å²) in [6, 6.07) is 10.7. The second-order valence-corrected chi connectivity index (χ2v) is 3.90. The van der Waals surface area contributed by atoms with Gasteiger partial charge in [-0.25, -0.2) is 4.79 Å². The fraction of sp³-hybridized carbons (Fsp3) is 0.143. The first-order valence-corrected chi connectivity index (χ1v) is 5.86. The van der Waals surface area contributed by atoms with Crippen LogP contribution in [-0.2, 0) is 6.54 Å². The molecule has 0 unspecified atom stereocenters. The zero-order chi connectivity index (χ0) is 13.5. The molecule has 0 aliphatic carbocycles. The monoisotopic (exact) mass is 257 g/mol. The van der Waals surface area contributed by atoms with Crippen LogP contribution in [-0.4, -0.2) is 18.1 Å². The van der Waals surface area contributed by atoms with Gasteiger partial charge in [-0.05, 0) is 23.8 Å². The molecule has 2 amide bonds. The first kappa shape index (κ1) is 12.9. The Kier molecular flexibility index (Phi) is 4.34. The van der Waals surface area contributed by atoms with Crippen molar-refractivity contribution < 1.29 is 9.53 Å². The van der Waals surface area contributed by atoms with Crippen LogP contribution in [0.1, 0.15) is 5.56 Å². The van der Waals surface area contributed by atoms with Crippen molar-refractivity contribution >= 4 is 11.7 Å². The Balaban J connectivity index is 1.87. The highest BCUT2D eigenvalue weighted by molar-refractivity contribution is 5.89. The lowest BCUT2D eigenvalue weighted by Gasteiger charge is -2.08. The summed E-state index contributed by atoms with van der Waals surface area (Å²) in [5.41, 5.74) is 1.63. The smallest absolute Gasteiger partial charge is 0.319 e. The second-order valence-electron chi connectivity index (χ2n) is 3.90. The van der Waals surface area contributed by atoms with E-state index in [4.69, 9.17) is 4.74 Å². The summed E-state index contributed by atoms with van der Waals surface area (Å²) in [6.07, 6.45) is 3.41. The molecule has 0 saturated carbocycles. The van der Waals surface area contributed by atoms with Crippen LogP contribution in [0.25, 0.3) is 0 Å². The van der Waals surface area contributed by atoms with E-state index >= 15 is 0 Å². The molecule has 0 radical (unpaired) electrons. The Hall–Kier alpha value is -2.56. The van der Waals surface area contributed by atoms with Gasteiger partial charge in [0.1, 0.15) is 5.75 Å². The van der Waals surface area contributed by atoms with Crippen LogP contribution in [0.2, 0.25) is 0 Å². The average molecular weight is 257 g/mol. The predicted molar refractivity (Wildman–Crippen MR) is 73.1 cm³/mol. The molecule has 5 nitrogen and oxygen atoms in total. The first-order chi connectivity index (χ1) is 9.28. The number of benzene rings is 1. The van der Waals surface area contributed by atoms with Gasteiger partial charge in [0.2, 0.25) is 0 Å². The number of carbonyl (C=O) groups excluding carboxylic acids is 1. The summed E-state index contributed by atoms with van der Waals surface area (Å²) in [4.78, 5) is 15.7. The maximum absolute atomic E-state index is 11.7. The van der Waals surface area contributed by atoms with Crippen LogP contribution in [0.4, 0.5) is 10.5 Å². The number of hydrogen-bond acceptors (Lipinski definition) is 3. The molecular formula is C14H15N3O2. The molecule has 2 rings (SSSR count). The van der Waals surface area contributed by atoms with Crippen LogP contribution in [0.15, 0.2) is 48.8 Å². The van der Waals surface area contributed by atoms with Crippen LogP contribution in [0.3, 0.4) is 0 Å². The van der Waals surface area contributed by atoms with Gasteiger partial charge in [0.25, 0.3) is 0 Å². The Morgan fingerprint density at radius 3 is 2.95 bits per heavy atom. The third kappa shape index (κ3) is 3.99. The molecule has 19 heavy (non-hydrogen) atoms. The van der Waals surface area contributed by atoms with E-state index in [1.807, 2.05) is 24.3 Å². The molecule has 0 aliphatic rings. The molecule has 0 aliphatic heterocycles. The van der Waals surface area contributed by atoms with E-state index < -0.39 is 0 Å². The molecule has 98 valence electrons. The number of amides is 2. The van der Waals surface area contributed by atoms with Crippen LogP contribution in [0.5, 0.6) is 5.75 Å². The standard InChI is InChI=1S/C14H15N3O2/c1-19-13-6-2-5-12(8-13)17-14(18)16-10-11-4-3-7-15-9-11/h2-9H,10H2,1H3,(H2,16,17,18). The van der Waals surface area contributed by atoms with Gasteiger partial charge in [-0.3, -0.25) is 4.98 Å². The number of rotatable bonds is 4. The van der Waals surface area contributed by atoms with E-state index in [-0.39, 0.29) is 6.03 Å². The van der Waals surface area contributed by atoms with Gasteiger partial charge in [-0.15, -0.1) is 0 Å². The number of carbonyl (C=O) groups is 1. The van der Waals surface area contributed by atoms with Crippen molar-refractivity contribution in [1.29, 1.82) is 0 Å². The summed E-state index contributed by atoms with van der Waals surface area (Å²) < 4.78 is 5.09. The van der Waals surface area contributed by atoms with Crippen LogP contribution < -0.4 is 15.4 Å². The Labute approximate surface area is 111 Å². The summed E-state index contributed by atoms with van der Waals surface area (Å²) >= 11 is 0. The van der Waals surface area contributed by atoms with E-state index in [9.17, 15) is 4.79 Å². The van der Waals surface area contributed by atoms with E-state index in [1.54, 1.807) is 31.6 Å². The highest BCUT2D eigenvalue weighted by Crippen LogP contribution is 2.16. The minimum Gasteiger partial charge on any atom is -0.497 e. The second kappa shape index (κ2) is 6.39. The van der Waals surface area contributed by atoms with Gasteiger partial charge in [0.15, 0.2) is 0 Å². The molecule has 2 N–H and O–H groups in total. The minimum absolute atomic E-state index is 0.267. The van der Waals surface area contributed by atoms with Gasteiger partial charge in [-0.1, -0.05) is 12.1 Å². The Morgan fingerprint density at radius 2 is 2.21 bits per heavy atom. The third-order valence-electron chi connectivity index (χ3n) is 2.50. The molecule has 5 heteroatoms. The highest BCUT2D eigenvalue weighted by atomic mass is 16.5. The number of nitrogens with zero attached hydrogens (tertiary/aromatic N) is 1. The topological polar surface area (TPSA) is 63.2 Å². The van der Waals surface area contributed by atoms with Crippen molar-refractivity contribution in [3.8, 4) is 5.75 Å². The molecule has 1 aromatic heterocycles. The van der Waals surface area contributed by atoms with Crippen molar-refractivity contribution in [2.24, 2.45) is 0 Å². The number of anilines is 1. The SMILES string of the molecule is COc1cccc(NC(=O)NCc2cccnc2)c1. The van der Waals surface area contributed by atoms with Crippen molar-refractivity contribution in [3.63, 3.8) is 0 Å². The number of methoxy groups -OCH3 is 1. The molecule has 0 fully saturated rings. The largest absolute Gasteiger partial charge is 0.497 e. The lowest BCUT2D eigenvalue weighted by atomic mass is 10.3. The van der Waals surface area contributed by atoms with E-state index in [0.29, 0.717) is 18.0 Å². The molecule has 0 spiro atoms. The normalized spacial score (nSPS) is 9.74. The quantitative estimate of drug-likeness (QED) is 0.884. The molecule has 0 saturated heterocycles. The van der Waals surface area contributed by atoms with Crippen molar-refractivity contribution in [3.05, 3.63) is 54.4 Å². The number of urea groups is 1. The Bertz CT molecular complexity index is 543. The van der Waals surface area contributed by atoms with E-state index in [0.717, 1.165) is 5.56 Å². The van der Waals surface area contributed by atoms with Crippen molar-refractivity contribution in [1.82, 2.24) is 10.3 Å². The number of ether oxygens (including phenoxy) is 1. The molecule has 0 atom stereocenters. The van der Waals surface area contributed by atoms with Crippen LogP contribution >= 0.6 is 0 Å². The number of hydrogen-bond donors (Lipinski definition) is 2. The summed E-state index contributed by atoms with van der Waals surface area (Å²) in [5.74, 6) is 0.699. The van der Waals surface area contributed by atoms with Crippen LogP contribution in [0, 0.1) is 0 Å². The lowest BCUT2D eigenvalue weighted by molar-refractivity contribution is 0.251. The van der Waals surface area contributed by atoms with E-state index in [2.05, 4.69) is 15.6 Å². The molecule has 1 aromatic carbocycles. The Morgan fingerprint density at radius 1 is 1.32 bits per heavy atom. The molecule has 1 heterocycles. The highest BCUT2D eigenvalue weighted by Gasteiger charge is 2.02. The fourth-order valence-corrected chi connectivity index (χ4v) is 1.56. The maximum Gasteiger partial charge on any atom is 0.319 e. The summed E-state index contributed by atoms with van der Waals surface area (Å²) in [6.45, 7) is 0.434. The number of pyridine rings is 1. The number of nitrogens with one attached hydrogen (secondary N) is 2. The van der Waals surface area contributed by atoms with E-state index in [1.165, 1.54) is 0 Å². The first-order valence-electron chi connectivity index (χ1n) is 5.86. The van der Waals surface area contributed by atoms with Gasteiger partial charge in [0, 0.05) is 30.7 Å². The molecular weight excluding hydrogens is 242 g/mol. The summed E-state index contributed by atoms with van der Waals surface area (Å²) in [5, 5.41) is 5.49.